The number of nitrogens with one attached hydrogen (secondary N) is 2. The van der Waals surface area contributed by atoms with Gasteiger partial charge in [0, 0.05) is 28.6 Å². The molecule has 31 heavy (non-hydrogen) atoms. The largest absolute Gasteiger partial charge is 0.345 e. The fourth-order valence-corrected chi connectivity index (χ4v) is 3.74. The van der Waals surface area contributed by atoms with Crippen LogP contribution in [0, 0.1) is 20.2 Å². The topological polar surface area (TPSA) is 149 Å². The number of anilines is 2. The van der Waals surface area contributed by atoms with Gasteiger partial charge in [0.15, 0.2) is 5.03 Å². The van der Waals surface area contributed by atoms with E-state index in [0.29, 0.717) is 16.1 Å². The summed E-state index contributed by atoms with van der Waals surface area (Å²) in [7, 11) is 0. The third-order valence-electron chi connectivity index (χ3n) is 4.18. The second-order valence-corrected chi connectivity index (χ2v) is 7.15. The molecule has 0 aliphatic rings. The highest BCUT2D eigenvalue weighted by molar-refractivity contribution is 7.99. The highest BCUT2D eigenvalue weighted by Gasteiger charge is 2.24. The minimum absolute atomic E-state index is 0.0472. The number of pyridine rings is 1. The minimum Gasteiger partial charge on any atom is -0.299 e. The lowest BCUT2D eigenvalue weighted by atomic mass is 10.2. The molecule has 154 valence electrons. The molecule has 0 bridgehead atoms. The van der Waals surface area contributed by atoms with Crippen molar-refractivity contribution < 1.29 is 9.85 Å². The van der Waals surface area contributed by atoms with Crippen LogP contribution >= 0.6 is 11.8 Å². The van der Waals surface area contributed by atoms with E-state index < -0.39 is 9.85 Å². The molecular formula is C19H13N7O4S. The van der Waals surface area contributed by atoms with Gasteiger partial charge in [-0.05, 0) is 24.3 Å². The van der Waals surface area contributed by atoms with Gasteiger partial charge in [-0.1, -0.05) is 30.0 Å². The molecular weight excluding hydrogens is 422 g/mol. The Morgan fingerprint density at radius 2 is 1.61 bits per heavy atom. The monoisotopic (exact) mass is 435 g/mol. The number of rotatable bonds is 7. The summed E-state index contributed by atoms with van der Waals surface area (Å²) in [4.78, 5) is 34.6. The Morgan fingerprint density at radius 1 is 0.839 bits per heavy atom. The first kappa shape index (κ1) is 20.0. The summed E-state index contributed by atoms with van der Waals surface area (Å²) in [6.07, 6.45) is 2.87. The van der Waals surface area contributed by atoms with Gasteiger partial charge in [-0.2, -0.15) is 0 Å². The van der Waals surface area contributed by atoms with E-state index >= 15 is 0 Å². The van der Waals surface area contributed by atoms with Crippen molar-refractivity contribution >= 4 is 45.5 Å². The van der Waals surface area contributed by atoms with Crippen LogP contribution in [0.3, 0.4) is 0 Å². The summed E-state index contributed by atoms with van der Waals surface area (Å²) in [5.41, 5.74) is 6.23. The van der Waals surface area contributed by atoms with Crippen molar-refractivity contribution in [3.63, 3.8) is 0 Å². The number of para-hydroxylation sites is 1. The van der Waals surface area contributed by atoms with E-state index in [1.807, 2.05) is 30.3 Å². The minimum atomic E-state index is -0.569. The van der Waals surface area contributed by atoms with Crippen LogP contribution in [0.5, 0.6) is 0 Å². The molecule has 2 N–H and O–H groups in total. The van der Waals surface area contributed by atoms with Gasteiger partial charge in [0.1, 0.15) is 6.33 Å². The molecule has 0 aliphatic heterocycles. The second-order valence-electron chi connectivity index (χ2n) is 6.12. The first-order valence-corrected chi connectivity index (χ1v) is 9.62. The smallest absolute Gasteiger partial charge is 0.299 e. The maximum Gasteiger partial charge on any atom is 0.345 e. The quantitative estimate of drug-likeness (QED) is 0.242. The summed E-state index contributed by atoms with van der Waals surface area (Å²) in [5.74, 6) is -0.0472. The van der Waals surface area contributed by atoms with Crippen molar-refractivity contribution in [1.82, 2.24) is 15.0 Å². The second kappa shape index (κ2) is 8.59. The van der Waals surface area contributed by atoms with Crippen LogP contribution in [0.4, 0.5) is 22.9 Å². The van der Waals surface area contributed by atoms with Crippen LogP contribution in [-0.2, 0) is 0 Å². The van der Waals surface area contributed by atoms with Crippen molar-refractivity contribution in [1.29, 1.82) is 0 Å². The Bertz CT molecular complexity index is 1280. The Balaban J connectivity index is 1.62. The van der Waals surface area contributed by atoms with Gasteiger partial charge in [-0.3, -0.25) is 36.1 Å². The standard InChI is InChI=1S/C19H13N7O4S/c27-25(28)14-8-6-13(7-9-14)23-24-18-17(26(29)30)19(22-11-21-18)31-15-5-1-3-12-4-2-10-20-16(12)15/h1-11,23H,(H,21,22,24). The number of aromatic nitrogens is 3. The Morgan fingerprint density at radius 3 is 2.35 bits per heavy atom. The molecule has 0 fully saturated rings. The Kier molecular flexibility index (Phi) is 5.53. The third kappa shape index (κ3) is 4.33. The molecule has 0 unspecified atom stereocenters. The SMILES string of the molecule is O=[N+]([O-])c1ccc(NNc2ncnc(Sc3cccc4cccnc34)c2[N+](=O)[O-])cc1. The zero-order valence-corrected chi connectivity index (χ0v) is 16.4. The lowest BCUT2D eigenvalue weighted by molar-refractivity contribution is -0.387. The normalized spacial score (nSPS) is 10.6. The van der Waals surface area contributed by atoms with E-state index in [1.165, 1.54) is 30.6 Å². The third-order valence-corrected chi connectivity index (χ3v) is 5.22. The Labute approximate surface area is 178 Å². The van der Waals surface area contributed by atoms with Gasteiger partial charge < -0.3 is 0 Å². The van der Waals surface area contributed by atoms with Crippen molar-refractivity contribution in [2.24, 2.45) is 0 Å². The van der Waals surface area contributed by atoms with Gasteiger partial charge in [-0.25, -0.2) is 9.97 Å². The van der Waals surface area contributed by atoms with Crippen LogP contribution in [-0.4, -0.2) is 24.8 Å². The molecule has 0 spiro atoms. The molecule has 2 aromatic carbocycles. The summed E-state index contributed by atoms with van der Waals surface area (Å²) >= 11 is 1.12. The van der Waals surface area contributed by atoms with Crippen LogP contribution in [0.1, 0.15) is 0 Å². The zero-order valence-electron chi connectivity index (χ0n) is 15.6. The number of nitrogens with zero attached hydrogens (tertiary/aromatic N) is 5. The first-order chi connectivity index (χ1) is 15.0. The van der Waals surface area contributed by atoms with Gasteiger partial charge >= 0.3 is 5.69 Å². The van der Waals surface area contributed by atoms with Crippen molar-refractivity contribution in [3.8, 4) is 0 Å². The number of non-ortho nitro benzene ring substituents is 1. The lowest BCUT2D eigenvalue weighted by Gasteiger charge is -2.11. The number of hydrogen-bond acceptors (Lipinski definition) is 10. The lowest BCUT2D eigenvalue weighted by Crippen LogP contribution is -2.12. The maximum absolute atomic E-state index is 11.8. The molecule has 0 atom stereocenters. The predicted octanol–water partition coefficient (Wildman–Crippen LogP) is 4.43. The fraction of sp³-hybridized carbons (Fsp3) is 0. The number of hydrazine groups is 1. The number of nitro groups is 2. The average molecular weight is 435 g/mol. The van der Waals surface area contributed by atoms with Crippen LogP contribution < -0.4 is 10.9 Å². The maximum atomic E-state index is 11.8. The molecule has 2 aromatic heterocycles. The molecule has 12 heteroatoms. The molecule has 2 heterocycles. The van der Waals surface area contributed by atoms with E-state index in [4.69, 9.17) is 0 Å². The van der Waals surface area contributed by atoms with Crippen LogP contribution in [0.25, 0.3) is 10.9 Å². The molecule has 0 amide bonds. The number of hydrogen-bond donors (Lipinski definition) is 2. The predicted molar refractivity (Wildman–Crippen MR) is 115 cm³/mol. The summed E-state index contributed by atoms with van der Waals surface area (Å²) in [5, 5.41) is 23.6. The van der Waals surface area contributed by atoms with E-state index in [0.717, 1.165) is 17.1 Å². The highest BCUT2D eigenvalue weighted by atomic mass is 32.2. The molecule has 0 radical (unpaired) electrons. The van der Waals surface area contributed by atoms with Gasteiger partial charge in [0.05, 0.1) is 21.1 Å². The molecule has 11 nitrogen and oxygen atoms in total. The average Bonchev–Trinajstić information content (AvgIpc) is 2.78. The van der Waals surface area contributed by atoms with Gasteiger partial charge in [0.2, 0.25) is 5.82 Å². The summed E-state index contributed by atoms with van der Waals surface area (Å²) in [6, 6.07) is 14.8. The van der Waals surface area contributed by atoms with E-state index in [9.17, 15) is 20.2 Å². The van der Waals surface area contributed by atoms with Crippen LogP contribution in [0.15, 0.2) is 77.0 Å². The van der Waals surface area contributed by atoms with E-state index in [-0.39, 0.29) is 22.2 Å². The molecule has 4 rings (SSSR count). The van der Waals surface area contributed by atoms with Crippen molar-refractivity contribution in [3.05, 3.63) is 87.4 Å². The van der Waals surface area contributed by atoms with E-state index in [2.05, 4.69) is 25.8 Å². The first-order valence-electron chi connectivity index (χ1n) is 8.80. The fourth-order valence-electron chi connectivity index (χ4n) is 2.75. The molecule has 0 saturated carbocycles. The molecule has 4 aromatic rings. The number of benzene rings is 2. The van der Waals surface area contributed by atoms with Crippen molar-refractivity contribution in [2.45, 2.75) is 9.92 Å². The number of fused-ring (bicyclic) bond motifs is 1. The van der Waals surface area contributed by atoms with Gasteiger partial charge in [0.25, 0.3) is 5.69 Å². The van der Waals surface area contributed by atoms with Crippen molar-refractivity contribution in [2.75, 3.05) is 10.9 Å². The summed E-state index contributed by atoms with van der Waals surface area (Å²) < 4.78 is 0. The summed E-state index contributed by atoms with van der Waals surface area (Å²) in [6.45, 7) is 0. The number of nitro benzene ring substituents is 1. The molecule has 0 aliphatic carbocycles. The van der Waals surface area contributed by atoms with Gasteiger partial charge in [-0.15, -0.1) is 0 Å². The van der Waals surface area contributed by atoms with Crippen LogP contribution in [0.2, 0.25) is 0 Å². The Hall–Kier alpha value is -4.32. The molecule has 0 saturated heterocycles. The van der Waals surface area contributed by atoms with E-state index in [1.54, 1.807) is 6.20 Å². The highest BCUT2D eigenvalue weighted by Crippen LogP contribution is 2.38. The zero-order chi connectivity index (χ0) is 21.8.